The molecule has 2 aromatic carbocycles. The summed E-state index contributed by atoms with van der Waals surface area (Å²) in [4.78, 5) is 140. The molecule has 0 saturated carbocycles. The number of fused-ring (bicyclic) bond motifs is 1. The predicted molar refractivity (Wildman–Crippen MR) is 296 cm³/mol. The fraction of sp³-hybridized carbons (Fsp3) is 0.644. The fourth-order valence-corrected chi connectivity index (χ4v) is 10.9. The molecule has 0 spiro atoms. The molecule has 2 fully saturated rings. The number of likely N-dealkylation sites (N-methyl/N-ethyl adjacent to an activating group) is 4. The smallest absolute Gasteiger partial charge is 0.329 e. The van der Waals surface area contributed by atoms with Crippen molar-refractivity contribution in [2.24, 2.45) is 35.5 Å². The van der Waals surface area contributed by atoms with Gasteiger partial charge in [0.25, 0.3) is 5.91 Å². The van der Waals surface area contributed by atoms with Crippen molar-refractivity contribution in [2.75, 3.05) is 34.7 Å². The van der Waals surface area contributed by atoms with Crippen molar-refractivity contribution < 1.29 is 53.0 Å². The number of amides is 8. The molecule has 0 aromatic heterocycles. The van der Waals surface area contributed by atoms with E-state index in [2.05, 4.69) is 16.0 Å². The van der Waals surface area contributed by atoms with Gasteiger partial charge in [0.2, 0.25) is 41.4 Å². The van der Waals surface area contributed by atoms with E-state index in [-0.39, 0.29) is 31.7 Å². The van der Waals surface area contributed by atoms with Crippen LogP contribution in [-0.2, 0) is 54.3 Å². The van der Waals surface area contributed by atoms with E-state index < -0.39 is 143 Å². The van der Waals surface area contributed by atoms with Crippen LogP contribution in [0.2, 0.25) is 0 Å². The third-order valence-electron chi connectivity index (χ3n) is 15.4. The Hall–Kier alpha value is -6.37. The van der Waals surface area contributed by atoms with Crippen LogP contribution in [0, 0.1) is 35.5 Å². The van der Waals surface area contributed by atoms with Crippen LogP contribution < -0.4 is 16.0 Å². The molecular weight excluding hydrogens is 997 g/mol. The molecule has 8 amide bonds. The molecule has 2 aromatic rings. The minimum atomic E-state index is -1.64. The molecule has 11 unspecified atom stereocenters. The number of hydrogen-bond acceptors (Lipinski definition) is 11. The third-order valence-corrected chi connectivity index (χ3v) is 15.4. The number of rotatable bonds is 12. The van der Waals surface area contributed by atoms with E-state index >= 15 is 9.59 Å². The molecule has 19 heteroatoms. The zero-order chi connectivity index (χ0) is 58.6. The molecule has 0 bridgehead atoms. The number of carbonyl (C=O) groups is 9. The number of esters is 1. The highest BCUT2D eigenvalue weighted by atomic mass is 16.6. The van der Waals surface area contributed by atoms with Crippen LogP contribution in [-0.4, -0.2) is 172 Å². The predicted octanol–water partition coefficient (Wildman–Crippen LogP) is 4.36. The van der Waals surface area contributed by atoms with Gasteiger partial charge in [-0.3, -0.25) is 38.4 Å². The van der Waals surface area contributed by atoms with Gasteiger partial charge in [0, 0.05) is 41.2 Å². The first-order valence-electron chi connectivity index (χ1n) is 27.8. The normalized spacial score (nSPS) is 26.6. The van der Waals surface area contributed by atoms with Gasteiger partial charge in [0.05, 0.1) is 0 Å². The molecule has 78 heavy (non-hydrogen) atoms. The third kappa shape index (κ3) is 15.5. The first-order valence-corrected chi connectivity index (χ1v) is 27.8. The molecule has 2 aliphatic rings. The van der Waals surface area contributed by atoms with Crippen LogP contribution in [0.15, 0.2) is 60.7 Å². The largest absolute Gasteiger partial charge is 0.450 e. The van der Waals surface area contributed by atoms with Gasteiger partial charge in [-0.15, -0.1) is 0 Å². The number of nitrogens with one attached hydrogen (secondary N) is 3. The van der Waals surface area contributed by atoms with E-state index in [0.29, 0.717) is 24.0 Å². The quantitative estimate of drug-likeness (QED) is 0.218. The van der Waals surface area contributed by atoms with Gasteiger partial charge in [0.1, 0.15) is 54.4 Å². The topological polar surface area (TPSA) is 235 Å². The number of hydrogen-bond donors (Lipinski definition) is 4. The number of benzene rings is 2. The second kappa shape index (κ2) is 28.5. The molecule has 2 aliphatic heterocycles. The van der Waals surface area contributed by atoms with Gasteiger partial charge >= 0.3 is 5.97 Å². The minimum absolute atomic E-state index is 0.0688. The maximum atomic E-state index is 15.3. The van der Waals surface area contributed by atoms with Gasteiger partial charge in [0.15, 0.2) is 6.10 Å². The molecule has 11 atom stereocenters. The monoisotopic (exact) mass is 1090 g/mol. The second-order valence-corrected chi connectivity index (χ2v) is 23.3. The molecule has 432 valence electrons. The Morgan fingerprint density at radius 2 is 1.03 bits per heavy atom. The zero-order valence-electron chi connectivity index (χ0n) is 49.0. The van der Waals surface area contributed by atoms with E-state index in [1.165, 1.54) is 47.8 Å². The van der Waals surface area contributed by atoms with E-state index in [1.54, 1.807) is 123 Å². The minimum Gasteiger partial charge on any atom is -0.450 e. The van der Waals surface area contributed by atoms with Crippen molar-refractivity contribution in [1.29, 1.82) is 0 Å². The summed E-state index contributed by atoms with van der Waals surface area (Å²) in [6, 6.07) is 7.09. The van der Waals surface area contributed by atoms with Crippen LogP contribution in [0.1, 0.15) is 126 Å². The summed E-state index contributed by atoms with van der Waals surface area (Å²) in [7, 11) is 5.67. The van der Waals surface area contributed by atoms with E-state index in [1.807, 2.05) is 20.8 Å². The highest BCUT2D eigenvalue weighted by Crippen LogP contribution is 2.29. The maximum absolute atomic E-state index is 15.3. The van der Waals surface area contributed by atoms with Crippen LogP contribution in [0.25, 0.3) is 0 Å². The van der Waals surface area contributed by atoms with Crippen LogP contribution in [0.4, 0.5) is 0 Å². The van der Waals surface area contributed by atoms with Crippen molar-refractivity contribution in [3.05, 3.63) is 71.8 Å². The lowest BCUT2D eigenvalue weighted by Crippen LogP contribution is -2.62. The van der Waals surface area contributed by atoms with Crippen molar-refractivity contribution in [3.63, 3.8) is 0 Å². The second-order valence-electron chi connectivity index (χ2n) is 23.3. The number of aliphatic hydroxyl groups is 1. The molecule has 0 aliphatic carbocycles. The summed E-state index contributed by atoms with van der Waals surface area (Å²) in [5.74, 6) is -9.15. The standard InChI is InChI=1S/C59H90N8O11/c1-17-38(12)44-56(74)63(13)45(34(4)5)52(70)60-41(31-33(2)3)54(72)65(15)47(36(8)9)59(77)78-50(37(10)11)58(76)64(14)46(35(6)7)53(71)61-42(32-39-25-20-18-21-26-39)55(73)66(16)48(49(68)40-27-22-19-23-28-40)57(75)67-30-24-29-43(67)51(69)62-44/h18-23,25-28,33-38,41-50,68H,17,24,29-32H2,1-16H3,(H,60,70)(H,61,71)(H,62,69). The number of carbonyl (C=O) groups excluding carboxylic acids is 9. The van der Waals surface area contributed by atoms with Gasteiger partial charge < -0.3 is 50.3 Å². The number of aliphatic hydroxyl groups excluding tert-OH is 1. The first-order chi connectivity index (χ1) is 36.6. The molecule has 2 saturated heterocycles. The Kier molecular flexibility index (Phi) is 23.4. The molecule has 0 radical (unpaired) electrons. The van der Waals surface area contributed by atoms with Gasteiger partial charge in [-0.25, -0.2) is 4.79 Å². The molecular formula is C59H90N8O11. The Morgan fingerprint density at radius 3 is 1.53 bits per heavy atom. The van der Waals surface area contributed by atoms with Crippen molar-refractivity contribution in [1.82, 2.24) is 40.4 Å². The number of cyclic esters (lactones) is 1. The van der Waals surface area contributed by atoms with Gasteiger partial charge in [-0.2, -0.15) is 0 Å². The average Bonchev–Trinajstić information content (AvgIpc) is 3.91. The number of nitrogens with zero attached hydrogens (tertiary/aromatic N) is 5. The maximum Gasteiger partial charge on any atom is 0.329 e. The highest BCUT2D eigenvalue weighted by molar-refractivity contribution is 5.99. The van der Waals surface area contributed by atoms with Crippen LogP contribution in [0.3, 0.4) is 0 Å². The van der Waals surface area contributed by atoms with Gasteiger partial charge in [-0.05, 0) is 65.9 Å². The summed E-state index contributed by atoms with van der Waals surface area (Å²) in [5, 5.41) is 21.0. The Balaban J connectivity index is 1.97. The Bertz CT molecular complexity index is 2400. The van der Waals surface area contributed by atoms with Crippen LogP contribution in [0.5, 0.6) is 0 Å². The summed E-state index contributed by atoms with van der Waals surface area (Å²) >= 11 is 0. The van der Waals surface area contributed by atoms with Crippen LogP contribution >= 0.6 is 0 Å². The van der Waals surface area contributed by atoms with Crippen molar-refractivity contribution >= 4 is 53.2 Å². The molecule has 19 nitrogen and oxygen atoms in total. The fourth-order valence-electron chi connectivity index (χ4n) is 10.9. The lowest BCUT2D eigenvalue weighted by Gasteiger charge is -2.38. The molecule has 2 heterocycles. The number of ether oxygens (including phenoxy) is 1. The van der Waals surface area contributed by atoms with E-state index in [9.17, 15) is 38.7 Å². The summed E-state index contributed by atoms with van der Waals surface area (Å²) in [6.07, 6.45) is -1.97. The summed E-state index contributed by atoms with van der Waals surface area (Å²) in [6.45, 7) is 21.3. The van der Waals surface area contributed by atoms with Crippen molar-refractivity contribution in [2.45, 2.75) is 176 Å². The first kappa shape index (κ1) is 64.2. The molecule has 4 rings (SSSR count). The highest BCUT2D eigenvalue weighted by Gasteiger charge is 2.47. The Morgan fingerprint density at radius 1 is 0.551 bits per heavy atom. The lowest BCUT2D eigenvalue weighted by atomic mass is 9.94. The van der Waals surface area contributed by atoms with Crippen molar-refractivity contribution in [3.8, 4) is 0 Å². The summed E-state index contributed by atoms with van der Waals surface area (Å²) < 4.78 is 6.08. The van der Waals surface area contributed by atoms with E-state index in [0.717, 1.165) is 4.90 Å². The molecule has 4 N–H and O–H groups in total. The van der Waals surface area contributed by atoms with E-state index in [4.69, 9.17) is 4.74 Å². The Labute approximate surface area is 462 Å². The lowest BCUT2D eigenvalue weighted by molar-refractivity contribution is -0.171. The van der Waals surface area contributed by atoms with Gasteiger partial charge in [-0.1, -0.05) is 150 Å². The zero-order valence-corrected chi connectivity index (χ0v) is 49.0. The average molecular weight is 1090 g/mol. The SMILES string of the molecule is CCC(C)C1NC(=O)C2CCCN2C(=O)C(C(O)c2ccccc2)N(C)C(=O)C(Cc2ccccc2)NC(=O)C(C(C)C)N(C)C(=O)C(C(C)C)OC(=O)C(C(C)C)N(C)C(=O)C(CC(C)C)NC(=O)C(C(C)C)N(C)C1=O. The summed E-state index contributed by atoms with van der Waals surface area (Å²) in [5.41, 5.74) is 0.949.